The molecule has 110 valence electrons. The smallest absolute Gasteiger partial charge is 0.334 e. The molecule has 1 heterocycles. The summed E-state index contributed by atoms with van der Waals surface area (Å²) in [6, 6.07) is 5.55. The number of Topliss-reactive ketones (excluding diaryl/α,β-unsaturated/α-hetero) is 1. The Balaban J connectivity index is 2.67. The van der Waals surface area contributed by atoms with E-state index in [0.717, 1.165) is 0 Å². The first-order chi connectivity index (χ1) is 9.82. The molecule has 0 spiro atoms. The Morgan fingerprint density at radius 1 is 1.10 bits per heavy atom. The van der Waals surface area contributed by atoms with E-state index in [0.29, 0.717) is 22.5 Å². The fourth-order valence-electron chi connectivity index (χ4n) is 2.73. The topological polar surface area (TPSA) is 66.4 Å². The molecular formula is C16H16FNO3. The molecule has 0 aliphatic carbocycles. The van der Waals surface area contributed by atoms with Crippen LogP contribution in [0.15, 0.2) is 46.8 Å². The van der Waals surface area contributed by atoms with Crippen LogP contribution in [0.2, 0.25) is 0 Å². The maximum atomic E-state index is 13.1. The summed E-state index contributed by atoms with van der Waals surface area (Å²) in [5.74, 6) is -2.40. The standard InChI is InChI=1S/C16H16FNO3/c1-8-13(10(3)19)15(11-4-6-12(17)7-5-11)14(16(20)21)9(2)18-8/h4-7,15,18H,1-3H3,(H,20,21)/t15-/m0/s1. The van der Waals surface area contributed by atoms with E-state index in [2.05, 4.69) is 5.32 Å². The van der Waals surface area contributed by atoms with Crippen molar-refractivity contribution < 1.29 is 19.1 Å². The van der Waals surface area contributed by atoms with E-state index in [4.69, 9.17) is 0 Å². The van der Waals surface area contributed by atoms with Crippen molar-refractivity contribution in [2.45, 2.75) is 26.7 Å². The molecular weight excluding hydrogens is 273 g/mol. The van der Waals surface area contributed by atoms with Crippen molar-refractivity contribution in [3.8, 4) is 0 Å². The number of aliphatic carboxylic acids is 1. The molecule has 1 aliphatic rings. The van der Waals surface area contributed by atoms with Crippen LogP contribution in [-0.4, -0.2) is 16.9 Å². The van der Waals surface area contributed by atoms with Gasteiger partial charge in [0.1, 0.15) is 5.82 Å². The average Bonchev–Trinajstić information content (AvgIpc) is 2.37. The number of nitrogens with one attached hydrogen (secondary N) is 1. The Kier molecular flexibility index (Phi) is 3.93. The van der Waals surface area contributed by atoms with E-state index < -0.39 is 17.7 Å². The molecule has 1 atom stereocenters. The molecule has 0 saturated carbocycles. The third kappa shape index (κ3) is 2.72. The van der Waals surface area contributed by atoms with E-state index in [1.807, 2.05) is 0 Å². The molecule has 0 unspecified atom stereocenters. The lowest BCUT2D eigenvalue weighted by atomic mass is 9.79. The maximum absolute atomic E-state index is 13.1. The number of hydrogen-bond acceptors (Lipinski definition) is 3. The Morgan fingerprint density at radius 3 is 2.10 bits per heavy atom. The first-order valence-corrected chi connectivity index (χ1v) is 6.51. The monoisotopic (exact) mass is 289 g/mol. The lowest BCUT2D eigenvalue weighted by Crippen LogP contribution is -2.30. The van der Waals surface area contributed by atoms with Gasteiger partial charge < -0.3 is 10.4 Å². The summed E-state index contributed by atoms with van der Waals surface area (Å²) >= 11 is 0. The summed E-state index contributed by atoms with van der Waals surface area (Å²) in [5, 5.41) is 12.4. The summed E-state index contributed by atoms with van der Waals surface area (Å²) < 4.78 is 13.1. The number of carboxylic acid groups (broad SMARTS) is 1. The molecule has 2 rings (SSSR count). The van der Waals surface area contributed by atoms with E-state index in [9.17, 15) is 19.1 Å². The number of ketones is 1. The third-order valence-electron chi connectivity index (χ3n) is 3.57. The number of carboxylic acids is 1. The summed E-state index contributed by atoms with van der Waals surface area (Å²) in [5.41, 5.74) is 2.19. The Bertz CT molecular complexity index is 635. The minimum atomic E-state index is -1.10. The van der Waals surface area contributed by atoms with Crippen molar-refractivity contribution in [2.75, 3.05) is 0 Å². The summed E-state index contributed by atoms with van der Waals surface area (Å²) in [7, 11) is 0. The van der Waals surface area contributed by atoms with Crippen LogP contribution in [0, 0.1) is 5.82 Å². The van der Waals surface area contributed by atoms with Crippen LogP contribution in [0.1, 0.15) is 32.3 Å². The number of dihydropyridines is 1. The second-order valence-electron chi connectivity index (χ2n) is 5.05. The van der Waals surface area contributed by atoms with Gasteiger partial charge in [0, 0.05) is 22.9 Å². The number of carbonyl (C=O) groups excluding carboxylic acids is 1. The van der Waals surface area contributed by atoms with Gasteiger partial charge in [-0.25, -0.2) is 9.18 Å². The molecule has 0 radical (unpaired) electrons. The van der Waals surface area contributed by atoms with Gasteiger partial charge in [-0.3, -0.25) is 4.79 Å². The molecule has 1 aromatic rings. The third-order valence-corrected chi connectivity index (χ3v) is 3.57. The zero-order valence-electron chi connectivity index (χ0n) is 12.0. The van der Waals surface area contributed by atoms with Crippen LogP contribution < -0.4 is 5.32 Å². The molecule has 1 aliphatic heterocycles. The fraction of sp³-hybridized carbons (Fsp3) is 0.250. The van der Waals surface area contributed by atoms with Crippen molar-refractivity contribution in [1.29, 1.82) is 0 Å². The molecule has 0 fully saturated rings. The molecule has 2 N–H and O–H groups in total. The number of carbonyl (C=O) groups is 2. The number of benzene rings is 1. The van der Waals surface area contributed by atoms with Gasteiger partial charge in [0.05, 0.1) is 5.57 Å². The molecule has 0 saturated heterocycles. The van der Waals surface area contributed by atoms with Crippen molar-refractivity contribution in [3.63, 3.8) is 0 Å². The summed E-state index contributed by atoms with van der Waals surface area (Å²) in [6.07, 6.45) is 0. The van der Waals surface area contributed by atoms with Crippen LogP contribution in [0.25, 0.3) is 0 Å². The number of hydrogen-bond donors (Lipinski definition) is 2. The van der Waals surface area contributed by atoms with Crippen LogP contribution in [0.5, 0.6) is 0 Å². The largest absolute Gasteiger partial charge is 0.478 e. The van der Waals surface area contributed by atoms with Crippen LogP contribution in [-0.2, 0) is 9.59 Å². The lowest BCUT2D eigenvalue weighted by molar-refractivity contribution is -0.133. The first-order valence-electron chi connectivity index (χ1n) is 6.51. The molecule has 5 heteroatoms. The van der Waals surface area contributed by atoms with Crippen LogP contribution in [0.4, 0.5) is 4.39 Å². The zero-order valence-corrected chi connectivity index (χ0v) is 12.0. The summed E-state index contributed by atoms with van der Waals surface area (Å²) in [4.78, 5) is 23.5. The normalized spacial score (nSPS) is 18.6. The van der Waals surface area contributed by atoms with Crippen molar-refractivity contribution >= 4 is 11.8 Å². The van der Waals surface area contributed by atoms with Gasteiger partial charge >= 0.3 is 5.97 Å². The van der Waals surface area contributed by atoms with Gasteiger partial charge in [0.2, 0.25) is 0 Å². The molecule has 21 heavy (non-hydrogen) atoms. The lowest BCUT2D eigenvalue weighted by Gasteiger charge is -2.29. The first kappa shape index (κ1) is 15.0. The average molecular weight is 289 g/mol. The highest BCUT2D eigenvalue weighted by Crippen LogP contribution is 2.38. The van der Waals surface area contributed by atoms with Gasteiger partial charge in [-0.2, -0.15) is 0 Å². The van der Waals surface area contributed by atoms with Gasteiger partial charge in [-0.1, -0.05) is 12.1 Å². The second kappa shape index (κ2) is 5.52. The van der Waals surface area contributed by atoms with Crippen LogP contribution >= 0.6 is 0 Å². The molecule has 0 aromatic heterocycles. The van der Waals surface area contributed by atoms with Gasteiger partial charge in [0.25, 0.3) is 0 Å². The Morgan fingerprint density at radius 2 is 1.62 bits per heavy atom. The summed E-state index contributed by atoms with van der Waals surface area (Å²) in [6.45, 7) is 4.78. The minimum absolute atomic E-state index is 0.109. The highest BCUT2D eigenvalue weighted by Gasteiger charge is 2.34. The van der Waals surface area contributed by atoms with Crippen molar-refractivity contribution in [2.24, 2.45) is 0 Å². The quantitative estimate of drug-likeness (QED) is 0.898. The molecule has 0 amide bonds. The Labute approximate surface area is 122 Å². The zero-order chi connectivity index (χ0) is 15.7. The van der Waals surface area contributed by atoms with E-state index in [1.54, 1.807) is 13.8 Å². The maximum Gasteiger partial charge on any atom is 0.334 e. The van der Waals surface area contributed by atoms with Gasteiger partial charge in [-0.15, -0.1) is 0 Å². The van der Waals surface area contributed by atoms with E-state index in [-0.39, 0.29) is 11.4 Å². The molecule has 4 nitrogen and oxygen atoms in total. The van der Waals surface area contributed by atoms with Crippen molar-refractivity contribution in [1.82, 2.24) is 5.32 Å². The van der Waals surface area contributed by atoms with E-state index >= 15 is 0 Å². The predicted molar refractivity (Wildman–Crippen MR) is 76.0 cm³/mol. The van der Waals surface area contributed by atoms with Crippen LogP contribution in [0.3, 0.4) is 0 Å². The van der Waals surface area contributed by atoms with Gasteiger partial charge in [-0.05, 0) is 38.5 Å². The van der Waals surface area contributed by atoms with Crippen molar-refractivity contribution in [3.05, 3.63) is 58.2 Å². The molecule has 1 aromatic carbocycles. The molecule has 0 bridgehead atoms. The van der Waals surface area contributed by atoms with Gasteiger partial charge in [0.15, 0.2) is 5.78 Å². The number of halogens is 1. The fourth-order valence-corrected chi connectivity index (χ4v) is 2.73. The highest BCUT2D eigenvalue weighted by molar-refractivity contribution is 6.01. The van der Waals surface area contributed by atoms with E-state index in [1.165, 1.54) is 31.2 Å². The highest BCUT2D eigenvalue weighted by atomic mass is 19.1. The SMILES string of the molecule is CC(=O)C1=C(C)NC(C)=C(C(=O)O)[C@H]1c1ccc(F)cc1. The second-order valence-corrected chi connectivity index (χ2v) is 5.05. The number of rotatable bonds is 3. The Hall–Kier alpha value is -2.43. The minimum Gasteiger partial charge on any atom is -0.478 e. The number of allylic oxidation sites excluding steroid dienone is 3. The predicted octanol–water partition coefficient (Wildman–Crippen LogP) is 2.73.